The standard InChI is InChI=1S/C17H24N2O3S/c1-3-23-15-9-8-14(10-15)19(2)17(22)18-11-12-4-6-13(7-5-12)16(20)21/h4-7,14-15H,3,8-11H2,1-2H3,(H,18,22)(H,20,21). The SMILES string of the molecule is CCSC1CCC(N(C)C(=O)NCc2ccc(C(=O)O)cc2)C1. The number of carboxylic acids is 1. The van der Waals surface area contributed by atoms with Crippen molar-refractivity contribution in [1.82, 2.24) is 10.2 Å². The molecule has 5 nitrogen and oxygen atoms in total. The zero-order valence-corrected chi connectivity index (χ0v) is 14.4. The average Bonchev–Trinajstić information content (AvgIpc) is 3.01. The zero-order valence-electron chi connectivity index (χ0n) is 13.6. The summed E-state index contributed by atoms with van der Waals surface area (Å²) in [5, 5.41) is 12.4. The summed E-state index contributed by atoms with van der Waals surface area (Å²) < 4.78 is 0. The first-order valence-electron chi connectivity index (χ1n) is 7.95. The van der Waals surface area contributed by atoms with E-state index in [1.165, 1.54) is 6.42 Å². The number of aromatic carboxylic acids is 1. The van der Waals surface area contributed by atoms with Crippen LogP contribution in [-0.2, 0) is 6.54 Å². The van der Waals surface area contributed by atoms with Crippen molar-refractivity contribution in [3.05, 3.63) is 35.4 Å². The lowest BCUT2D eigenvalue weighted by molar-refractivity contribution is 0.0697. The number of thioether (sulfide) groups is 1. The molecular formula is C17H24N2O3S. The molecule has 0 spiro atoms. The van der Waals surface area contributed by atoms with Crippen LogP contribution in [0.2, 0.25) is 0 Å². The van der Waals surface area contributed by atoms with E-state index in [4.69, 9.17) is 5.11 Å². The molecular weight excluding hydrogens is 312 g/mol. The van der Waals surface area contributed by atoms with Crippen LogP contribution in [0.15, 0.2) is 24.3 Å². The number of carbonyl (C=O) groups excluding carboxylic acids is 1. The van der Waals surface area contributed by atoms with E-state index in [9.17, 15) is 9.59 Å². The summed E-state index contributed by atoms with van der Waals surface area (Å²) in [6.45, 7) is 2.58. The molecule has 0 bridgehead atoms. The summed E-state index contributed by atoms with van der Waals surface area (Å²) in [4.78, 5) is 24.9. The number of rotatable bonds is 6. The van der Waals surface area contributed by atoms with Gasteiger partial charge in [-0.25, -0.2) is 9.59 Å². The van der Waals surface area contributed by atoms with Crippen molar-refractivity contribution in [2.45, 2.75) is 44.0 Å². The second-order valence-electron chi connectivity index (χ2n) is 5.82. The molecule has 2 rings (SSSR count). The lowest BCUT2D eigenvalue weighted by atomic mass is 10.1. The Labute approximate surface area is 141 Å². The maximum atomic E-state index is 12.3. The summed E-state index contributed by atoms with van der Waals surface area (Å²) >= 11 is 1.98. The lowest BCUT2D eigenvalue weighted by Gasteiger charge is -2.25. The minimum atomic E-state index is -0.943. The summed E-state index contributed by atoms with van der Waals surface area (Å²) in [7, 11) is 1.85. The van der Waals surface area contributed by atoms with Gasteiger partial charge in [0.15, 0.2) is 0 Å². The predicted octanol–water partition coefficient (Wildman–Crippen LogP) is 3.20. The third kappa shape index (κ3) is 4.89. The Hall–Kier alpha value is -1.69. The number of benzene rings is 1. The van der Waals surface area contributed by atoms with Crippen molar-refractivity contribution in [3.63, 3.8) is 0 Å². The minimum absolute atomic E-state index is 0.0699. The smallest absolute Gasteiger partial charge is 0.335 e. The van der Waals surface area contributed by atoms with Crippen LogP contribution in [0.4, 0.5) is 4.79 Å². The molecule has 2 N–H and O–H groups in total. The van der Waals surface area contributed by atoms with E-state index in [0.29, 0.717) is 17.8 Å². The fourth-order valence-electron chi connectivity index (χ4n) is 2.89. The quantitative estimate of drug-likeness (QED) is 0.837. The maximum absolute atomic E-state index is 12.3. The van der Waals surface area contributed by atoms with Crippen LogP contribution in [0.25, 0.3) is 0 Å². The lowest BCUT2D eigenvalue weighted by Crippen LogP contribution is -2.42. The number of nitrogens with zero attached hydrogens (tertiary/aromatic N) is 1. The van der Waals surface area contributed by atoms with Crippen LogP contribution in [0.1, 0.15) is 42.1 Å². The highest BCUT2D eigenvalue weighted by atomic mass is 32.2. The number of urea groups is 1. The molecule has 2 unspecified atom stereocenters. The summed E-state index contributed by atoms with van der Waals surface area (Å²) in [6.07, 6.45) is 3.31. The van der Waals surface area contributed by atoms with Crippen molar-refractivity contribution in [2.75, 3.05) is 12.8 Å². The fraction of sp³-hybridized carbons (Fsp3) is 0.529. The Morgan fingerprint density at radius 2 is 2.00 bits per heavy atom. The highest BCUT2D eigenvalue weighted by Crippen LogP contribution is 2.32. The van der Waals surface area contributed by atoms with Crippen LogP contribution in [-0.4, -0.2) is 46.1 Å². The zero-order chi connectivity index (χ0) is 16.8. The van der Waals surface area contributed by atoms with Gasteiger partial charge in [-0.3, -0.25) is 0 Å². The summed E-state index contributed by atoms with van der Waals surface area (Å²) in [6, 6.07) is 6.81. The van der Waals surface area contributed by atoms with Crippen LogP contribution >= 0.6 is 11.8 Å². The largest absolute Gasteiger partial charge is 0.478 e. The van der Waals surface area contributed by atoms with E-state index in [0.717, 1.165) is 24.2 Å². The third-order valence-electron chi connectivity index (χ3n) is 4.27. The van der Waals surface area contributed by atoms with Gasteiger partial charge in [-0.15, -0.1) is 0 Å². The normalized spacial score (nSPS) is 20.3. The molecule has 1 aromatic carbocycles. The van der Waals surface area contributed by atoms with Gasteiger partial charge >= 0.3 is 12.0 Å². The molecule has 2 amide bonds. The highest BCUT2D eigenvalue weighted by Gasteiger charge is 2.29. The first-order chi connectivity index (χ1) is 11.0. The van der Waals surface area contributed by atoms with Gasteiger partial charge < -0.3 is 15.3 Å². The van der Waals surface area contributed by atoms with Crippen molar-refractivity contribution in [3.8, 4) is 0 Å². The molecule has 1 saturated carbocycles. The van der Waals surface area contributed by atoms with Crippen molar-refractivity contribution < 1.29 is 14.7 Å². The van der Waals surface area contributed by atoms with Crippen LogP contribution in [0.5, 0.6) is 0 Å². The summed E-state index contributed by atoms with van der Waals surface area (Å²) in [5.74, 6) is 0.181. The fourth-order valence-corrected chi connectivity index (χ4v) is 4.02. The first kappa shape index (κ1) is 17.7. The van der Waals surface area contributed by atoms with E-state index in [2.05, 4.69) is 12.2 Å². The third-order valence-corrected chi connectivity index (χ3v) is 5.50. The molecule has 1 fully saturated rings. The van der Waals surface area contributed by atoms with Crippen LogP contribution in [0, 0.1) is 0 Å². The Kier molecular flexibility index (Phi) is 6.33. The number of amides is 2. The van der Waals surface area contributed by atoms with E-state index in [1.54, 1.807) is 24.3 Å². The van der Waals surface area contributed by atoms with Gasteiger partial charge in [-0.1, -0.05) is 19.1 Å². The minimum Gasteiger partial charge on any atom is -0.478 e. The summed E-state index contributed by atoms with van der Waals surface area (Å²) in [5.41, 5.74) is 1.14. The monoisotopic (exact) mass is 336 g/mol. The molecule has 2 atom stereocenters. The molecule has 0 radical (unpaired) electrons. The Morgan fingerprint density at radius 1 is 1.30 bits per heavy atom. The van der Waals surface area contributed by atoms with E-state index in [1.807, 2.05) is 23.7 Å². The molecule has 0 aromatic heterocycles. The molecule has 1 aliphatic carbocycles. The highest BCUT2D eigenvalue weighted by molar-refractivity contribution is 7.99. The Balaban J connectivity index is 1.81. The number of nitrogens with one attached hydrogen (secondary N) is 1. The van der Waals surface area contributed by atoms with Gasteiger partial charge in [0.25, 0.3) is 0 Å². The molecule has 1 aromatic rings. The molecule has 1 aliphatic rings. The maximum Gasteiger partial charge on any atom is 0.335 e. The van der Waals surface area contributed by atoms with Crippen LogP contribution in [0.3, 0.4) is 0 Å². The number of hydrogen-bond acceptors (Lipinski definition) is 3. The number of carbonyl (C=O) groups is 2. The topological polar surface area (TPSA) is 69.6 Å². The van der Waals surface area contributed by atoms with Gasteiger partial charge in [0.05, 0.1) is 5.56 Å². The van der Waals surface area contributed by atoms with Gasteiger partial charge in [-0.05, 0) is 42.7 Å². The molecule has 0 saturated heterocycles. The average molecular weight is 336 g/mol. The van der Waals surface area contributed by atoms with Gasteiger partial charge in [0.1, 0.15) is 0 Å². The molecule has 6 heteroatoms. The van der Waals surface area contributed by atoms with Gasteiger partial charge in [-0.2, -0.15) is 11.8 Å². The van der Waals surface area contributed by atoms with Gasteiger partial charge in [0, 0.05) is 24.9 Å². The van der Waals surface area contributed by atoms with E-state index in [-0.39, 0.29) is 11.6 Å². The first-order valence-corrected chi connectivity index (χ1v) is 9.00. The number of carboxylic acid groups (broad SMARTS) is 1. The Bertz CT molecular complexity index is 547. The van der Waals surface area contributed by atoms with Crippen molar-refractivity contribution in [1.29, 1.82) is 0 Å². The second-order valence-corrected chi connectivity index (χ2v) is 7.39. The van der Waals surface area contributed by atoms with Gasteiger partial charge in [0.2, 0.25) is 0 Å². The van der Waals surface area contributed by atoms with Crippen molar-refractivity contribution >= 4 is 23.8 Å². The van der Waals surface area contributed by atoms with Crippen LogP contribution < -0.4 is 5.32 Å². The Morgan fingerprint density at radius 3 is 2.61 bits per heavy atom. The number of hydrogen-bond donors (Lipinski definition) is 2. The van der Waals surface area contributed by atoms with Crippen molar-refractivity contribution in [2.24, 2.45) is 0 Å². The van der Waals surface area contributed by atoms with E-state index >= 15 is 0 Å². The second kappa shape index (κ2) is 8.24. The van der Waals surface area contributed by atoms with E-state index < -0.39 is 5.97 Å². The molecule has 0 heterocycles. The molecule has 126 valence electrons. The predicted molar refractivity (Wildman–Crippen MR) is 93.0 cm³/mol. The molecule has 0 aliphatic heterocycles. The molecule has 23 heavy (non-hydrogen) atoms.